The van der Waals surface area contributed by atoms with E-state index < -0.39 is 0 Å². The van der Waals surface area contributed by atoms with Gasteiger partial charge in [0, 0.05) is 0 Å². The zero-order chi connectivity index (χ0) is 22.1. The Kier molecular flexibility index (Phi) is 8.39. The SMILES string of the molecule is CCCCCCOc1c(CC)c(CC)c(-c2ncncn2)c(OC)c1-c1ccccc1. The molecular formula is C26H33N3O2. The van der Waals surface area contributed by atoms with Crippen molar-refractivity contribution >= 4 is 0 Å². The number of methoxy groups -OCH3 is 1. The predicted octanol–water partition coefficient (Wildman–Crippen LogP) is 6.30. The number of hydrogen-bond donors (Lipinski definition) is 0. The molecule has 1 heterocycles. The Balaban J connectivity index is 2.25. The summed E-state index contributed by atoms with van der Waals surface area (Å²) in [5.74, 6) is 2.32. The molecule has 31 heavy (non-hydrogen) atoms. The van der Waals surface area contributed by atoms with Crippen molar-refractivity contribution in [2.45, 2.75) is 59.3 Å². The Morgan fingerprint density at radius 3 is 2.10 bits per heavy atom. The number of nitrogens with zero attached hydrogens (tertiary/aromatic N) is 3. The highest BCUT2D eigenvalue weighted by Crippen LogP contribution is 2.49. The summed E-state index contributed by atoms with van der Waals surface area (Å²) in [6.07, 6.45) is 9.43. The molecule has 0 saturated heterocycles. The summed E-state index contributed by atoms with van der Waals surface area (Å²) in [5, 5.41) is 0. The molecule has 0 aliphatic rings. The molecule has 164 valence electrons. The fourth-order valence-corrected chi connectivity index (χ4v) is 4.11. The molecule has 0 unspecified atom stereocenters. The molecule has 1 aromatic heterocycles. The van der Waals surface area contributed by atoms with Crippen LogP contribution >= 0.6 is 0 Å². The van der Waals surface area contributed by atoms with Gasteiger partial charge < -0.3 is 9.47 Å². The zero-order valence-corrected chi connectivity index (χ0v) is 19.1. The summed E-state index contributed by atoms with van der Waals surface area (Å²) in [7, 11) is 1.71. The van der Waals surface area contributed by atoms with Crippen LogP contribution in [0.15, 0.2) is 43.0 Å². The molecule has 5 nitrogen and oxygen atoms in total. The van der Waals surface area contributed by atoms with Gasteiger partial charge in [0.2, 0.25) is 0 Å². The molecule has 5 heteroatoms. The first-order valence-corrected chi connectivity index (χ1v) is 11.3. The lowest BCUT2D eigenvalue weighted by molar-refractivity contribution is 0.301. The topological polar surface area (TPSA) is 57.1 Å². The smallest absolute Gasteiger partial charge is 0.166 e. The Labute approximate surface area is 185 Å². The standard InChI is InChI=1S/C26H33N3O2/c1-5-8-9-13-16-31-24-21(7-3)20(6-2)23(26-28-17-27-18-29-26)25(30-4)22(24)19-14-11-10-12-15-19/h10-12,14-15,17-18H,5-9,13,16H2,1-4H3. The first kappa shape index (κ1) is 22.7. The Morgan fingerprint density at radius 1 is 0.774 bits per heavy atom. The highest BCUT2D eigenvalue weighted by atomic mass is 16.5. The third-order valence-electron chi connectivity index (χ3n) is 5.56. The van der Waals surface area contributed by atoms with Crippen LogP contribution in [0.3, 0.4) is 0 Å². The fraction of sp³-hybridized carbons (Fsp3) is 0.423. The van der Waals surface area contributed by atoms with Crippen molar-refractivity contribution in [3.8, 4) is 34.0 Å². The van der Waals surface area contributed by atoms with Gasteiger partial charge in [0.05, 0.1) is 24.8 Å². The van der Waals surface area contributed by atoms with Gasteiger partial charge in [0.1, 0.15) is 24.2 Å². The van der Waals surface area contributed by atoms with Gasteiger partial charge in [-0.05, 0) is 36.0 Å². The van der Waals surface area contributed by atoms with Crippen molar-refractivity contribution in [2.75, 3.05) is 13.7 Å². The maximum Gasteiger partial charge on any atom is 0.166 e. The van der Waals surface area contributed by atoms with E-state index in [0.717, 1.165) is 47.5 Å². The van der Waals surface area contributed by atoms with Gasteiger partial charge in [-0.25, -0.2) is 15.0 Å². The quantitative estimate of drug-likeness (QED) is 0.341. The van der Waals surface area contributed by atoms with Crippen molar-refractivity contribution in [3.63, 3.8) is 0 Å². The molecule has 0 aliphatic heterocycles. The number of ether oxygens (including phenoxy) is 2. The molecule has 0 amide bonds. The number of hydrogen-bond acceptors (Lipinski definition) is 5. The first-order valence-electron chi connectivity index (χ1n) is 11.3. The van der Waals surface area contributed by atoms with Crippen LogP contribution in [0.4, 0.5) is 0 Å². The molecule has 2 aromatic carbocycles. The van der Waals surface area contributed by atoms with E-state index in [-0.39, 0.29) is 0 Å². The maximum atomic E-state index is 6.50. The Hall–Kier alpha value is -2.95. The Morgan fingerprint density at radius 2 is 1.48 bits per heavy atom. The van der Waals surface area contributed by atoms with E-state index in [0.29, 0.717) is 12.4 Å². The molecule has 0 atom stereocenters. The summed E-state index contributed by atoms with van der Waals surface area (Å²) in [5.41, 5.74) is 5.35. The number of unbranched alkanes of at least 4 members (excludes halogenated alkanes) is 3. The van der Waals surface area contributed by atoms with Gasteiger partial charge in [-0.3, -0.25) is 0 Å². The number of benzene rings is 2. The van der Waals surface area contributed by atoms with E-state index in [1.807, 2.05) is 18.2 Å². The van der Waals surface area contributed by atoms with Crippen LogP contribution in [0.2, 0.25) is 0 Å². The molecule has 0 saturated carbocycles. The minimum absolute atomic E-state index is 0.630. The summed E-state index contributed by atoms with van der Waals surface area (Å²) < 4.78 is 12.5. The maximum absolute atomic E-state index is 6.50. The van der Waals surface area contributed by atoms with E-state index >= 15 is 0 Å². The van der Waals surface area contributed by atoms with E-state index in [9.17, 15) is 0 Å². The third-order valence-corrected chi connectivity index (χ3v) is 5.56. The average molecular weight is 420 g/mol. The van der Waals surface area contributed by atoms with Gasteiger partial charge in [0.15, 0.2) is 5.82 Å². The number of rotatable bonds is 11. The molecule has 0 radical (unpaired) electrons. The van der Waals surface area contributed by atoms with Gasteiger partial charge in [-0.15, -0.1) is 0 Å². The van der Waals surface area contributed by atoms with Crippen molar-refractivity contribution in [3.05, 3.63) is 54.1 Å². The molecule has 0 spiro atoms. The van der Waals surface area contributed by atoms with Gasteiger partial charge in [-0.1, -0.05) is 70.4 Å². The van der Waals surface area contributed by atoms with E-state index in [1.165, 1.54) is 43.0 Å². The molecule has 0 aliphatic carbocycles. The van der Waals surface area contributed by atoms with E-state index in [4.69, 9.17) is 9.47 Å². The molecule has 0 bridgehead atoms. The lowest BCUT2D eigenvalue weighted by Gasteiger charge is -2.25. The lowest BCUT2D eigenvalue weighted by Crippen LogP contribution is -2.09. The molecule has 3 rings (SSSR count). The minimum atomic E-state index is 0.630. The van der Waals surface area contributed by atoms with Crippen LogP contribution in [0.5, 0.6) is 11.5 Å². The van der Waals surface area contributed by atoms with Crippen LogP contribution in [0.25, 0.3) is 22.5 Å². The number of aromatic nitrogens is 3. The summed E-state index contributed by atoms with van der Waals surface area (Å²) in [6, 6.07) is 10.3. The molecule has 0 fully saturated rings. The monoisotopic (exact) mass is 419 g/mol. The van der Waals surface area contributed by atoms with Crippen LogP contribution in [-0.4, -0.2) is 28.7 Å². The van der Waals surface area contributed by atoms with Gasteiger partial charge in [-0.2, -0.15) is 0 Å². The highest BCUT2D eigenvalue weighted by molar-refractivity contribution is 5.88. The fourth-order valence-electron chi connectivity index (χ4n) is 4.11. The summed E-state index contributed by atoms with van der Waals surface area (Å²) in [4.78, 5) is 12.9. The van der Waals surface area contributed by atoms with Crippen LogP contribution in [-0.2, 0) is 12.8 Å². The van der Waals surface area contributed by atoms with Crippen LogP contribution in [0.1, 0.15) is 57.6 Å². The van der Waals surface area contributed by atoms with Crippen molar-refractivity contribution in [1.82, 2.24) is 15.0 Å². The van der Waals surface area contributed by atoms with E-state index in [2.05, 4.69) is 47.9 Å². The largest absolute Gasteiger partial charge is 0.495 e. The second-order valence-corrected chi connectivity index (χ2v) is 7.51. The van der Waals surface area contributed by atoms with E-state index in [1.54, 1.807) is 7.11 Å². The highest BCUT2D eigenvalue weighted by Gasteiger charge is 2.27. The molecular weight excluding hydrogens is 386 g/mol. The summed E-state index contributed by atoms with van der Waals surface area (Å²) in [6.45, 7) is 7.26. The van der Waals surface area contributed by atoms with Crippen molar-refractivity contribution in [1.29, 1.82) is 0 Å². The minimum Gasteiger partial charge on any atom is -0.495 e. The van der Waals surface area contributed by atoms with Crippen LogP contribution in [0, 0.1) is 0 Å². The predicted molar refractivity (Wildman–Crippen MR) is 126 cm³/mol. The normalized spacial score (nSPS) is 10.8. The molecule has 3 aromatic rings. The summed E-state index contributed by atoms with van der Waals surface area (Å²) >= 11 is 0. The Bertz CT molecular complexity index is 960. The third kappa shape index (κ3) is 5.04. The first-order chi connectivity index (χ1) is 15.3. The van der Waals surface area contributed by atoms with Crippen molar-refractivity contribution in [2.24, 2.45) is 0 Å². The average Bonchev–Trinajstić information content (AvgIpc) is 2.83. The van der Waals surface area contributed by atoms with Crippen LogP contribution < -0.4 is 9.47 Å². The van der Waals surface area contributed by atoms with Gasteiger partial charge >= 0.3 is 0 Å². The van der Waals surface area contributed by atoms with Gasteiger partial charge in [0.25, 0.3) is 0 Å². The lowest BCUT2D eigenvalue weighted by atomic mass is 9.88. The second-order valence-electron chi connectivity index (χ2n) is 7.51. The van der Waals surface area contributed by atoms with Crippen molar-refractivity contribution < 1.29 is 9.47 Å². The second kappa shape index (κ2) is 11.4. The zero-order valence-electron chi connectivity index (χ0n) is 19.1. The molecule has 0 N–H and O–H groups in total.